The minimum Gasteiger partial charge on any atom is -0.488 e. The number of halogens is 1. The SMILES string of the molecule is Cc1sc(NC(=O)Cc2ccc(F)c(OCCOCCNc3ccc4c(c3)CN(C3CCC(=O)NC3=O)C4=O)c2)nc1-c1ccc2c(c1)CCN2C.O=CC1CC1. The molecule has 0 radical (unpaired) electrons. The second-order valence-electron chi connectivity index (χ2n) is 14.6. The van der Waals surface area contributed by atoms with Crippen molar-refractivity contribution in [3.63, 3.8) is 0 Å². The number of nitrogens with zero attached hydrogens (tertiary/aromatic N) is 3. The lowest BCUT2D eigenvalue weighted by Gasteiger charge is -2.29. The van der Waals surface area contributed by atoms with Crippen LogP contribution < -0.4 is 25.6 Å². The van der Waals surface area contributed by atoms with Crippen LogP contribution in [0.25, 0.3) is 11.3 Å². The van der Waals surface area contributed by atoms with Crippen molar-refractivity contribution in [2.75, 3.05) is 55.5 Å². The number of piperidine rings is 1. The molecule has 15 heteroatoms. The van der Waals surface area contributed by atoms with Crippen LogP contribution >= 0.6 is 11.3 Å². The Labute approximate surface area is 333 Å². The number of imide groups is 1. The molecule has 4 amide bonds. The smallest absolute Gasteiger partial charge is 0.255 e. The van der Waals surface area contributed by atoms with E-state index < -0.39 is 17.8 Å². The molecule has 298 valence electrons. The highest BCUT2D eigenvalue weighted by molar-refractivity contribution is 7.16. The largest absolute Gasteiger partial charge is 0.488 e. The van der Waals surface area contributed by atoms with Crippen molar-refractivity contribution in [3.05, 3.63) is 87.5 Å². The molecule has 1 atom stereocenters. The van der Waals surface area contributed by atoms with Crippen molar-refractivity contribution >= 4 is 57.8 Å². The van der Waals surface area contributed by atoms with E-state index in [1.807, 2.05) is 13.0 Å². The second-order valence-corrected chi connectivity index (χ2v) is 15.8. The van der Waals surface area contributed by atoms with Crippen LogP contribution in [0.2, 0.25) is 0 Å². The number of amides is 4. The number of hydrogen-bond donors (Lipinski definition) is 3. The molecule has 4 aliphatic rings. The number of rotatable bonds is 14. The van der Waals surface area contributed by atoms with E-state index >= 15 is 0 Å². The van der Waals surface area contributed by atoms with Gasteiger partial charge in [-0.25, -0.2) is 9.37 Å². The zero-order chi connectivity index (χ0) is 40.1. The number of aldehydes is 1. The average Bonchev–Trinajstić information content (AvgIpc) is 3.76. The molecule has 4 aromatic rings. The lowest BCUT2D eigenvalue weighted by Crippen LogP contribution is -2.52. The van der Waals surface area contributed by atoms with Crippen LogP contribution in [0.5, 0.6) is 5.75 Å². The molecule has 1 aromatic heterocycles. The Kier molecular flexibility index (Phi) is 12.2. The number of hydrogen-bond acceptors (Lipinski definition) is 11. The monoisotopic (exact) mass is 796 g/mol. The van der Waals surface area contributed by atoms with E-state index in [1.54, 1.807) is 18.2 Å². The summed E-state index contributed by atoms with van der Waals surface area (Å²) in [6.45, 7) is 4.46. The number of ether oxygens (including phenoxy) is 2. The molecule has 4 heterocycles. The predicted molar refractivity (Wildman–Crippen MR) is 214 cm³/mol. The van der Waals surface area contributed by atoms with Crippen molar-refractivity contribution in [2.24, 2.45) is 5.92 Å². The van der Waals surface area contributed by atoms with Gasteiger partial charge in [-0.3, -0.25) is 24.5 Å². The van der Waals surface area contributed by atoms with E-state index in [0.717, 1.165) is 59.5 Å². The third kappa shape index (κ3) is 9.66. The summed E-state index contributed by atoms with van der Waals surface area (Å²) in [5, 5.41) is 8.98. The molecule has 57 heavy (non-hydrogen) atoms. The molecular formula is C42H45FN6O7S. The third-order valence-electron chi connectivity index (χ3n) is 10.3. The lowest BCUT2D eigenvalue weighted by molar-refractivity contribution is -0.137. The van der Waals surface area contributed by atoms with Crippen molar-refractivity contribution in [2.45, 2.75) is 58.0 Å². The van der Waals surface area contributed by atoms with Gasteiger partial charge in [-0.15, -0.1) is 11.3 Å². The summed E-state index contributed by atoms with van der Waals surface area (Å²) in [6, 6.07) is 15.5. The molecule has 1 aliphatic carbocycles. The molecular weight excluding hydrogens is 752 g/mol. The Morgan fingerprint density at radius 1 is 1.02 bits per heavy atom. The van der Waals surface area contributed by atoms with Crippen LogP contribution in [0.4, 0.5) is 20.9 Å². The van der Waals surface area contributed by atoms with Gasteiger partial charge in [0, 0.05) is 66.4 Å². The molecule has 1 saturated heterocycles. The maximum absolute atomic E-state index is 14.5. The summed E-state index contributed by atoms with van der Waals surface area (Å²) in [4.78, 5) is 68.6. The third-order valence-corrected chi connectivity index (χ3v) is 11.2. The topological polar surface area (TPSA) is 159 Å². The average molecular weight is 797 g/mol. The number of carbonyl (C=O) groups excluding carboxylic acids is 5. The number of nitrogens with one attached hydrogen (secondary N) is 3. The van der Waals surface area contributed by atoms with Gasteiger partial charge in [-0.2, -0.15) is 0 Å². The minimum absolute atomic E-state index is 0.0315. The predicted octanol–water partition coefficient (Wildman–Crippen LogP) is 5.29. The number of benzene rings is 3. The summed E-state index contributed by atoms with van der Waals surface area (Å²) in [6.07, 6.45) is 4.87. The molecule has 2 fully saturated rings. The van der Waals surface area contributed by atoms with Crippen LogP contribution in [0.3, 0.4) is 0 Å². The van der Waals surface area contributed by atoms with E-state index in [9.17, 15) is 28.4 Å². The van der Waals surface area contributed by atoms with Crippen LogP contribution in [0.1, 0.15) is 57.6 Å². The highest BCUT2D eigenvalue weighted by Crippen LogP contribution is 2.35. The molecule has 0 spiro atoms. The van der Waals surface area contributed by atoms with Gasteiger partial charge < -0.3 is 34.7 Å². The molecule has 8 rings (SSSR count). The molecule has 1 unspecified atom stereocenters. The van der Waals surface area contributed by atoms with Crippen LogP contribution in [0, 0.1) is 18.7 Å². The first-order valence-electron chi connectivity index (χ1n) is 19.1. The molecule has 13 nitrogen and oxygen atoms in total. The summed E-state index contributed by atoms with van der Waals surface area (Å²) in [7, 11) is 2.09. The first-order valence-corrected chi connectivity index (χ1v) is 20.0. The Balaban J connectivity index is 0.000000921. The number of likely N-dealkylation sites (N-methyl/N-ethyl adjacent to an activating group) is 1. The first kappa shape index (κ1) is 39.6. The summed E-state index contributed by atoms with van der Waals surface area (Å²) < 4.78 is 25.8. The lowest BCUT2D eigenvalue weighted by atomic mass is 10.0. The molecule has 3 aliphatic heterocycles. The fourth-order valence-electron chi connectivity index (χ4n) is 7.05. The Bertz CT molecular complexity index is 2190. The highest BCUT2D eigenvalue weighted by Gasteiger charge is 2.39. The zero-order valence-corrected chi connectivity index (χ0v) is 32.7. The molecule has 3 N–H and O–H groups in total. The van der Waals surface area contributed by atoms with Crippen LogP contribution in [0.15, 0.2) is 54.6 Å². The van der Waals surface area contributed by atoms with Gasteiger partial charge in [0.25, 0.3) is 5.91 Å². The van der Waals surface area contributed by atoms with E-state index in [-0.39, 0.29) is 49.5 Å². The number of aromatic nitrogens is 1. The Morgan fingerprint density at radius 3 is 2.63 bits per heavy atom. The van der Waals surface area contributed by atoms with E-state index in [1.165, 1.54) is 39.6 Å². The number of anilines is 3. The summed E-state index contributed by atoms with van der Waals surface area (Å²) in [5.41, 5.74) is 7.18. The molecule has 1 saturated carbocycles. The van der Waals surface area contributed by atoms with Gasteiger partial charge in [0.15, 0.2) is 16.7 Å². The molecule has 0 bridgehead atoms. The number of fused-ring (bicyclic) bond motifs is 2. The maximum atomic E-state index is 14.5. The second kappa shape index (κ2) is 17.6. The van der Waals surface area contributed by atoms with Gasteiger partial charge in [-0.05, 0) is 91.8 Å². The van der Waals surface area contributed by atoms with Crippen LogP contribution in [-0.2, 0) is 43.3 Å². The van der Waals surface area contributed by atoms with Crippen molar-refractivity contribution in [1.82, 2.24) is 15.2 Å². The van der Waals surface area contributed by atoms with Crippen LogP contribution in [-0.4, -0.2) is 85.8 Å². The normalized spacial score (nSPS) is 17.0. The number of aryl methyl sites for hydroxylation is 1. The van der Waals surface area contributed by atoms with Gasteiger partial charge in [-0.1, -0.05) is 12.1 Å². The fraction of sp³-hybridized carbons (Fsp3) is 0.381. The number of thiazole rings is 1. The maximum Gasteiger partial charge on any atom is 0.255 e. The summed E-state index contributed by atoms with van der Waals surface area (Å²) in [5.74, 6) is -1.27. The Hall–Kier alpha value is -5.67. The summed E-state index contributed by atoms with van der Waals surface area (Å²) >= 11 is 1.42. The van der Waals surface area contributed by atoms with Gasteiger partial charge in [0.2, 0.25) is 17.7 Å². The van der Waals surface area contributed by atoms with Gasteiger partial charge in [0.05, 0.1) is 25.3 Å². The van der Waals surface area contributed by atoms with Gasteiger partial charge in [0.1, 0.15) is 18.9 Å². The van der Waals surface area contributed by atoms with E-state index in [2.05, 4.69) is 46.1 Å². The van der Waals surface area contributed by atoms with Crippen molar-refractivity contribution in [1.29, 1.82) is 0 Å². The number of carbonyl (C=O) groups is 5. The van der Waals surface area contributed by atoms with E-state index in [0.29, 0.717) is 48.3 Å². The molecule has 3 aromatic carbocycles. The standard InChI is InChI=1S/C38H39FN6O6S.C4H6O/c1-22-35(25-4-8-30-24(19-25)11-13-44(30)2)43-38(52-22)42-34(47)18-23-3-7-29(39)32(17-23)51-16-15-50-14-12-40-27-5-6-28-26(20-27)21-45(37(28)49)31-9-10-33(46)41-36(31)48;5-3-4-1-2-4/h3-8,17,19-20,31,40H,9-16,18,21H2,1-2H3,(H,41,46,48)(H,42,43,47);3-4H,1-2H2. The zero-order valence-electron chi connectivity index (χ0n) is 31.9. The van der Waals surface area contributed by atoms with E-state index in [4.69, 9.17) is 14.5 Å². The Morgan fingerprint density at radius 2 is 1.86 bits per heavy atom. The van der Waals surface area contributed by atoms with Crippen molar-refractivity contribution < 1.29 is 37.8 Å². The fourth-order valence-corrected chi connectivity index (χ4v) is 7.90. The van der Waals surface area contributed by atoms with Gasteiger partial charge >= 0.3 is 0 Å². The quantitative estimate of drug-likeness (QED) is 0.0870. The highest BCUT2D eigenvalue weighted by atomic mass is 32.1. The van der Waals surface area contributed by atoms with Crippen molar-refractivity contribution in [3.8, 4) is 17.0 Å². The first-order chi connectivity index (χ1) is 27.6. The minimum atomic E-state index is -0.656.